The largest absolute Gasteiger partial charge is 0.320 e. The van der Waals surface area contributed by atoms with Crippen molar-refractivity contribution in [2.24, 2.45) is 0 Å². The van der Waals surface area contributed by atoms with Crippen molar-refractivity contribution in [1.29, 1.82) is 0 Å². The van der Waals surface area contributed by atoms with Crippen molar-refractivity contribution in [3.8, 4) is 0 Å². The van der Waals surface area contributed by atoms with Crippen LogP contribution < -0.4 is 5.32 Å². The molecule has 7 heteroatoms. The molecule has 0 saturated carbocycles. The number of anilines is 1. The standard InChI is InChI=1S/C14H12Cl2N2O3/c15-10-5-3-4-9(14(10)16)8-13(19)17-11-6-1-2-7-12(11)18(20)21/h1-2,4,6-7H,3,5,8H2,(H,17,19). The molecule has 0 atom stereocenters. The van der Waals surface area contributed by atoms with Crippen LogP contribution in [0.2, 0.25) is 0 Å². The van der Waals surface area contributed by atoms with Crippen LogP contribution in [0.3, 0.4) is 0 Å². The van der Waals surface area contributed by atoms with Gasteiger partial charge in [0.15, 0.2) is 0 Å². The summed E-state index contributed by atoms with van der Waals surface area (Å²) in [5.74, 6) is -0.375. The van der Waals surface area contributed by atoms with Gasteiger partial charge in [-0.25, -0.2) is 0 Å². The van der Waals surface area contributed by atoms with Gasteiger partial charge in [0.25, 0.3) is 5.69 Å². The molecule has 1 aliphatic rings. The van der Waals surface area contributed by atoms with E-state index in [0.717, 1.165) is 6.42 Å². The number of nitro benzene ring substituents is 1. The smallest absolute Gasteiger partial charge is 0.292 e. The van der Waals surface area contributed by atoms with Gasteiger partial charge >= 0.3 is 0 Å². The number of para-hydroxylation sites is 2. The van der Waals surface area contributed by atoms with Gasteiger partial charge in [-0.15, -0.1) is 0 Å². The highest BCUT2D eigenvalue weighted by molar-refractivity contribution is 6.41. The van der Waals surface area contributed by atoms with Gasteiger partial charge in [0.1, 0.15) is 5.69 Å². The molecule has 1 aromatic carbocycles. The molecule has 0 radical (unpaired) electrons. The summed E-state index contributed by atoms with van der Waals surface area (Å²) >= 11 is 12.0. The van der Waals surface area contributed by atoms with E-state index in [1.807, 2.05) is 6.08 Å². The average molecular weight is 327 g/mol. The number of nitrogens with zero attached hydrogens (tertiary/aromatic N) is 1. The molecular weight excluding hydrogens is 315 g/mol. The zero-order valence-electron chi connectivity index (χ0n) is 10.9. The molecule has 0 spiro atoms. The van der Waals surface area contributed by atoms with Crippen molar-refractivity contribution in [3.63, 3.8) is 0 Å². The van der Waals surface area contributed by atoms with Crippen LogP contribution in [0.4, 0.5) is 11.4 Å². The summed E-state index contributed by atoms with van der Waals surface area (Å²) in [5, 5.41) is 14.3. The monoisotopic (exact) mass is 326 g/mol. The normalized spacial score (nSPS) is 14.7. The van der Waals surface area contributed by atoms with Gasteiger partial charge in [0, 0.05) is 11.1 Å². The lowest BCUT2D eigenvalue weighted by Crippen LogP contribution is -2.14. The Hall–Kier alpha value is -1.85. The fourth-order valence-corrected chi connectivity index (χ4v) is 2.47. The topological polar surface area (TPSA) is 72.2 Å². The van der Waals surface area contributed by atoms with Crippen LogP contribution in [0, 0.1) is 10.1 Å². The van der Waals surface area contributed by atoms with Crippen molar-refractivity contribution in [1.82, 2.24) is 0 Å². The summed E-state index contributed by atoms with van der Waals surface area (Å²) < 4.78 is 0. The summed E-state index contributed by atoms with van der Waals surface area (Å²) in [4.78, 5) is 22.4. The number of amides is 1. The van der Waals surface area contributed by atoms with E-state index in [0.29, 0.717) is 22.1 Å². The minimum Gasteiger partial charge on any atom is -0.320 e. The third-order valence-corrected chi connectivity index (χ3v) is 3.95. The minimum absolute atomic E-state index is 0.0289. The van der Waals surface area contributed by atoms with Crippen LogP contribution in [-0.2, 0) is 4.79 Å². The molecular formula is C14H12Cl2N2O3. The number of carbonyl (C=O) groups is 1. The predicted octanol–water partition coefficient (Wildman–Crippen LogP) is 4.33. The second-order valence-corrected chi connectivity index (χ2v) is 5.32. The SMILES string of the molecule is O=C(CC1=CCCC(Cl)=C1Cl)Nc1ccccc1[N+](=O)[O-]. The predicted molar refractivity (Wildman–Crippen MR) is 82.4 cm³/mol. The third kappa shape index (κ3) is 3.83. The van der Waals surface area contributed by atoms with Crippen molar-refractivity contribution >= 4 is 40.5 Å². The van der Waals surface area contributed by atoms with Crippen molar-refractivity contribution in [2.75, 3.05) is 5.32 Å². The highest BCUT2D eigenvalue weighted by Crippen LogP contribution is 2.33. The number of halogens is 2. The zero-order valence-corrected chi connectivity index (χ0v) is 12.4. The molecule has 21 heavy (non-hydrogen) atoms. The van der Waals surface area contributed by atoms with E-state index in [1.54, 1.807) is 6.07 Å². The molecule has 0 saturated heterocycles. The van der Waals surface area contributed by atoms with E-state index in [-0.39, 0.29) is 23.7 Å². The van der Waals surface area contributed by atoms with Gasteiger partial charge in [0.2, 0.25) is 5.91 Å². The second kappa shape index (κ2) is 6.74. The van der Waals surface area contributed by atoms with E-state index in [4.69, 9.17) is 23.2 Å². The van der Waals surface area contributed by atoms with Gasteiger partial charge in [0.05, 0.1) is 16.4 Å². The third-order valence-electron chi connectivity index (χ3n) is 3.00. The van der Waals surface area contributed by atoms with Gasteiger partial charge in [-0.05, 0) is 24.5 Å². The van der Waals surface area contributed by atoms with E-state index in [2.05, 4.69) is 5.32 Å². The Labute approximate surface area is 131 Å². The molecule has 0 unspecified atom stereocenters. The molecule has 1 amide bonds. The zero-order chi connectivity index (χ0) is 15.4. The molecule has 1 aliphatic carbocycles. The Balaban J connectivity index is 2.10. The van der Waals surface area contributed by atoms with Gasteiger partial charge in [-0.2, -0.15) is 0 Å². The van der Waals surface area contributed by atoms with Gasteiger partial charge in [-0.3, -0.25) is 14.9 Å². The number of nitro groups is 1. The number of hydrogen-bond acceptors (Lipinski definition) is 3. The highest BCUT2D eigenvalue weighted by atomic mass is 35.5. The van der Waals surface area contributed by atoms with Gasteiger partial charge in [-0.1, -0.05) is 41.4 Å². The minimum atomic E-state index is -0.542. The van der Waals surface area contributed by atoms with Crippen LogP contribution >= 0.6 is 23.2 Å². The highest BCUT2D eigenvalue weighted by Gasteiger charge is 2.18. The fraction of sp³-hybridized carbons (Fsp3) is 0.214. The van der Waals surface area contributed by atoms with Gasteiger partial charge < -0.3 is 5.32 Å². The summed E-state index contributed by atoms with van der Waals surface area (Å²) in [7, 11) is 0. The summed E-state index contributed by atoms with van der Waals surface area (Å²) in [6, 6.07) is 5.97. The van der Waals surface area contributed by atoms with E-state index in [1.165, 1.54) is 18.2 Å². The average Bonchev–Trinajstić information content (AvgIpc) is 2.44. The van der Waals surface area contributed by atoms with Crippen LogP contribution in [-0.4, -0.2) is 10.8 Å². The van der Waals surface area contributed by atoms with Crippen LogP contribution in [0.15, 0.2) is 46.0 Å². The Morgan fingerprint density at radius 1 is 1.33 bits per heavy atom. The molecule has 2 rings (SSSR count). The molecule has 1 N–H and O–H groups in total. The van der Waals surface area contributed by atoms with Crippen molar-refractivity contribution < 1.29 is 9.72 Å². The van der Waals surface area contributed by atoms with Crippen LogP contribution in [0.1, 0.15) is 19.3 Å². The first kappa shape index (κ1) is 15.5. The first-order valence-corrected chi connectivity index (χ1v) is 7.01. The van der Waals surface area contributed by atoms with E-state index >= 15 is 0 Å². The lowest BCUT2D eigenvalue weighted by molar-refractivity contribution is -0.383. The molecule has 0 aliphatic heterocycles. The van der Waals surface area contributed by atoms with E-state index in [9.17, 15) is 14.9 Å². The maximum atomic E-state index is 12.0. The summed E-state index contributed by atoms with van der Waals surface area (Å²) in [5.41, 5.74) is 0.655. The molecule has 110 valence electrons. The Morgan fingerprint density at radius 2 is 2.05 bits per heavy atom. The molecule has 0 heterocycles. The van der Waals surface area contributed by atoms with Crippen LogP contribution in [0.5, 0.6) is 0 Å². The fourth-order valence-electron chi connectivity index (χ4n) is 2.00. The number of allylic oxidation sites excluding steroid dienone is 3. The number of carbonyl (C=O) groups excluding carboxylic acids is 1. The summed E-state index contributed by atoms with van der Waals surface area (Å²) in [6.07, 6.45) is 3.27. The van der Waals surface area contributed by atoms with E-state index < -0.39 is 4.92 Å². The maximum Gasteiger partial charge on any atom is 0.292 e. The molecule has 0 bridgehead atoms. The van der Waals surface area contributed by atoms with Crippen LogP contribution in [0.25, 0.3) is 0 Å². The Kier molecular flexibility index (Phi) is 4.98. The molecule has 0 aromatic heterocycles. The van der Waals surface area contributed by atoms with Crippen molar-refractivity contribution in [3.05, 3.63) is 56.1 Å². The second-order valence-electron chi connectivity index (χ2n) is 4.49. The first-order valence-electron chi connectivity index (χ1n) is 6.26. The number of nitrogens with one attached hydrogen (secondary N) is 1. The first-order chi connectivity index (χ1) is 9.99. The number of hydrogen-bond donors (Lipinski definition) is 1. The Morgan fingerprint density at radius 3 is 2.76 bits per heavy atom. The number of rotatable bonds is 4. The lowest BCUT2D eigenvalue weighted by atomic mass is 10.0. The molecule has 5 nitrogen and oxygen atoms in total. The molecule has 1 aromatic rings. The summed E-state index contributed by atoms with van der Waals surface area (Å²) in [6.45, 7) is 0. The maximum absolute atomic E-state index is 12.0. The lowest BCUT2D eigenvalue weighted by Gasteiger charge is -2.13. The number of benzene rings is 1. The molecule has 0 fully saturated rings. The Bertz CT molecular complexity index is 653. The quantitative estimate of drug-likeness (QED) is 0.661. The van der Waals surface area contributed by atoms with Crippen molar-refractivity contribution in [2.45, 2.75) is 19.3 Å².